The maximum atomic E-state index is 14.3. The molecule has 0 aliphatic heterocycles. The fourth-order valence-corrected chi connectivity index (χ4v) is 6.36. The van der Waals surface area contributed by atoms with Gasteiger partial charge in [0, 0.05) is 23.1 Å². The Morgan fingerprint density at radius 1 is 0.977 bits per heavy atom. The standard InChI is InChI=1S/C32H39Cl2N3O5S/c1-6-28(32(39)35-19-22(3)4)36(20-24-14-15-25(33)18-27(24)34)31(38)21-37(29-10-8-9-11-30(29)42-7-2)43(40,41)26-16-12-23(5)13-17-26/h8-18,22,28H,6-7,19-21H2,1-5H3,(H,35,39)/t28-/m1/s1. The van der Waals surface area contributed by atoms with Crippen LogP contribution in [-0.2, 0) is 26.2 Å². The first-order chi connectivity index (χ1) is 20.4. The zero-order chi connectivity index (χ0) is 31.7. The molecule has 3 aromatic rings. The minimum absolute atomic E-state index is 0.0196. The van der Waals surface area contributed by atoms with E-state index < -0.39 is 28.5 Å². The number of nitrogens with one attached hydrogen (secondary N) is 1. The Balaban J connectivity index is 2.12. The number of amides is 2. The van der Waals surface area contributed by atoms with Crippen LogP contribution in [0.3, 0.4) is 0 Å². The first-order valence-electron chi connectivity index (χ1n) is 14.2. The molecule has 0 fully saturated rings. The number of sulfonamides is 1. The summed E-state index contributed by atoms with van der Waals surface area (Å²) in [4.78, 5) is 29.1. The third-order valence-corrected chi connectivity index (χ3v) is 9.11. The Morgan fingerprint density at radius 2 is 1.65 bits per heavy atom. The molecule has 0 radical (unpaired) electrons. The lowest BCUT2D eigenvalue weighted by Crippen LogP contribution is -2.52. The van der Waals surface area contributed by atoms with Crippen LogP contribution in [0, 0.1) is 12.8 Å². The summed E-state index contributed by atoms with van der Waals surface area (Å²) >= 11 is 12.6. The number of anilines is 1. The highest BCUT2D eigenvalue weighted by molar-refractivity contribution is 7.92. The van der Waals surface area contributed by atoms with Gasteiger partial charge in [0.1, 0.15) is 18.3 Å². The number of rotatable bonds is 14. The summed E-state index contributed by atoms with van der Waals surface area (Å²) in [6, 6.07) is 17.1. The zero-order valence-electron chi connectivity index (χ0n) is 25.1. The fourth-order valence-electron chi connectivity index (χ4n) is 4.47. The van der Waals surface area contributed by atoms with Crippen LogP contribution >= 0.6 is 23.2 Å². The summed E-state index contributed by atoms with van der Waals surface area (Å²) in [5.74, 6) is -0.416. The van der Waals surface area contributed by atoms with Crippen molar-refractivity contribution in [2.45, 2.75) is 58.5 Å². The number of carbonyl (C=O) groups excluding carboxylic acids is 2. The van der Waals surface area contributed by atoms with Gasteiger partial charge >= 0.3 is 0 Å². The van der Waals surface area contributed by atoms with E-state index in [1.54, 1.807) is 68.4 Å². The fraction of sp³-hybridized carbons (Fsp3) is 0.375. The second kappa shape index (κ2) is 15.5. The number of halogens is 2. The molecule has 11 heteroatoms. The van der Waals surface area contributed by atoms with E-state index in [2.05, 4.69) is 5.32 Å². The number of hydrogen-bond acceptors (Lipinski definition) is 5. The van der Waals surface area contributed by atoms with E-state index in [9.17, 15) is 18.0 Å². The monoisotopic (exact) mass is 647 g/mol. The minimum atomic E-state index is -4.24. The van der Waals surface area contributed by atoms with Crippen molar-refractivity contribution >= 4 is 50.7 Å². The van der Waals surface area contributed by atoms with E-state index in [1.165, 1.54) is 17.0 Å². The Hall–Kier alpha value is -3.27. The van der Waals surface area contributed by atoms with E-state index in [-0.39, 0.29) is 29.0 Å². The highest BCUT2D eigenvalue weighted by Crippen LogP contribution is 2.33. The molecule has 0 aliphatic rings. The van der Waals surface area contributed by atoms with Crippen molar-refractivity contribution in [3.63, 3.8) is 0 Å². The second-order valence-corrected chi connectivity index (χ2v) is 13.3. The maximum absolute atomic E-state index is 14.3. The summed E-state index contributed by atoms with van der Waals surface area (Å²) in [6.07, 6.45) is 0.293. The molecule has 3 rings (SSSR count). The second-order valence-electron chi connectivity index (χ2n) is 10.5. The molecule has 0 aliphatic carbocycles. The summed E-state index contributed by atoms with van der Waals surface area (Å²) in [7, 11) is -4.24. The van der Waals surface area contributed by atoms with E-state index in [1.807, 2.05) is 20.8 Å². The van der Waals surface area contributed by atoms with Gasteiger partial charge < -0.3 is 15.0 Å². The summed E-state index contributed by atoms with van der Waals surface area (Å²) in [6.45, 7) is 9.49. The van der Waals surface area contributed by atoms with Crippen LogP contribution in [0.5, 0.6) is 5.75 Å². The molecule has 0 aromatic heterocycles. The maximum Gasteiger partial charge on any atom is 0.264 e. The molecule has 0 saturated heterocycles. The topological polar surface area (TPSA) is 96.0 Å². The van der Waals surface area contributed by atoms with Gasteiger partial charge in [-0.3, -0.25) is 13.9 Å². The highest BCUT2D eigenvalue weighted by atomic mass is 35.5. The van der Waals surface area contributed by atoms with E-state index >= 15 is 0 Å². The number of benzene rings is 3. The first kappa shape index (κ1) is 34.2. The molecule has 2 amide bonds. The molecule has 232 valence electrons. The van der Waals surface area contributed by atoms with Crippen LogP contribution in [0.1, 0.15) is 45.2 Å². The lowest BCUT2D eigenvalue weighted by Gasteiger charge is -2.34. The molecule has 0 spiro atoms. The summed E-state index contributed by atoms with van der Waals surface area (Å²) < 4.78 is 35.1. The average molecular weight is 649 g/mol. The van der Waals surface area contributed by atoms with Crippen molar-refractivity contribution in [1.29, 1.82) is 0 Å². The van der Waals surface area contributed by atoms with Crippen LogP contribution in [0.25, 0.3) is 0 Å². The van der Waals surface area contributed by atoms with Crippen molar-refractivity contribution in [2.24, 2.45) is 5.92 Å². The lowest BCUT2D eigenvalue weighted by atomic mass is 10.1. The molecular weight excluding hydrogens is 609 g/mol. The predicted octanol–water partition coefficient (Wildman–Crippen LogP) is 6.48. The molecule has 8 nitrogen and oxygen atoms in total. The molecule has 43 heavy (non-hydrogen) atoms. The average Bonchev–Trinajstić information content (AvgIpc) is 2.96. The van der Waals surface area contributed by atoms with E-state index in [4.69, 9.17) is 27.9 Å². The molecular formula is C32H39Cl2N3O5S. The summed E-state index contributed by atoms with van der Waals surface area (Å²) in [5.41, 5.74) is 1.66. The quantitative estimate of drug-likeness (QED) is 0.216. The van der Waals surface area contributed by atoms with Crippen LogP contribution < -0.4 is 14.4 Å². The molecule has 0 saturated carbocycles. The van der Waals surface area contributed by atoms with Crippen molar-refractivity contribution in [2.75, 3.05) is 24.0 Å². The molecule has 3 aromatic carbocycles. The molecule has 1 N–H and O–H groups in total. The van der Waals surface area contributed by atoms with Crippen molar-refractivity contribution in [1.82, 2.24) is 10.2 Å². The van der Waals surface area contributed by atoms with Crippen molar-refractivity contribution in [3.8, 4) is 5.75 Å². The Bertz CT molecular complexity index is 1510. The third-order valence-electron chi connectivity index (χ3n) is 6.75. The third kappa shape index (κ3) is 8.87. The molecule has 1 atom stereocenters. The molecule has 0 unspecified atom stereocenters. The van der Waals surface area contributed by atoms with Gasteiger partial charge in [0.25, 0.3) is 10.0 Å². The zero-order valence-corrected chi connectivity index (χ0v) is 27.5. The minimum Gasteiger partial charge on any atom is -0.492 e. The van der Waals surface area contributed by atoms with Crippen molar-refractivity contribution < 1.29 is 22.7 Å². The van der Waals surface area contributed by atoms with Crippen LogP contribution in [-0.4, -0.2) is 50.9 Å². The molecule has 0 bridgehead atoms. The van der Waals surface area contributed by atoms with Gasteiger partial charge in [-0.15, -0.1) is 0 Å². The number of para-hydroxylation sites is 2. The van der Waals surface area contributed by atoms with Crippen LogP contribution in [0.4, 0.5) is 5.69 Å². The van der Waals surface area contributed by atoms with Gasteiger partial charge in [0.2, 0.25) is 11.8 Å². The predicted molar refractivity (Wildman–Crippen MR) is 172 cm³/mol. The smallest absolute Gasteiger partial charge is 0.264 e. The number of carbonyl (C=O) groups is 2. The van der Waals surface area contributed by atoms with Crippen LogP contribution in [0.2, 0.25) is 10.0 Å². The van der Waals surface area contributed by atoms with Gasteiger partial charge in [-0.25, -0.2) is 8.42 Å². The van der Waals surface area contributed by atoms with Gasteiger partial charge in [0.05, 0.1) is 17.2 Å². The number of ether oxygens (including phenoxy) is 1. The molecule has 0 heterocycles. The first-order valence-corrected chi connectivity index (χ1v) is 16.4. The Morgan fingerprint density at radius 3 is 2.26 bits per heavy atom. The summed E-state index contributed by atoms with van der Waals surface area (Å²) in [5, 5.41) is 3.67. The van der Waals surface area contributed by atoms with Gasteiger partial charge in [-0.2, -0.15) is 0 Å². The van der Waals surface area contributed by atoms with Gasteiger partial charge in [0.15, 0.2) is 0 Å². The number of nitrogens with zero attached hydrogens (tertiary/aromatic N) is 2. The van der Waals surface area contributed by atoms with E-state index in [0.29, 0.717) is 40.9 Å². The van der Waals surface area contributed by atoms with Crippen LogP contribution in [0.15, 0.2) is 71.6 Å². The number of aryl methyl sites for hydroxylation is 1. The SMILES string of the molecule is CCOc1ccccc1N(CC(=O)N(Cc1ccc(Cl)cc1Cl)[C@H](CC)C(=O)NCC(C)C)S(=O)(=O)c1ccc(C)cc1. The lowest BCUT2D eigenvalue weighted by molar-refractivity contribution is -0.140. The van der Waals surface area contributed by atoms with Gasteiger partial charge in [-0.05, 0) is 68.1 Å². The van der Waals surface area contributed by atoms with Crippen molar-refractivity contribution in [3.05, 3.63) is 87.9 Å². The van der Waals surface area contributed by atoms with Gasteiger partial charge in [-0.1, -0.05) is 79.9 Å². The Labute approximate surface area is 265 Å². The van der Waals surface area contributed by atoms with E-state index in [0.717, 1.165) is 9.87 Å². The largest absolute Gasteiger partial charge is 0.492 e. The number of hydrogen-bond donors (Lipinski definition) is 1. The highest BCUT2D eigenvalue weighted by Gasteiger charge is 2.35. The Kier molecular flexibility index (Phi) is 12.3. The normalized spacial score (nSPS) is 12.1.